The monoisotopic (exact) mass is 342 g/mol. The van der Waals surface area contributed by atoms with E-state index in [1.165, 1.54) is 0 Å². The number of amides is 1. The minimum absolute atomic E-state index is 0.0749. The van der Waals surface area contributed by atoms with Crippen molar-refractivity contribution in [2.75, 3.05) is 13.6 Å². The number of carbonyl (C=O) groups excluding carboxylic acids is 1. The van der Waals surface area contributed by atoms with Crippen LogP contribution in [0.3, 0.4) is 0 Å². The molecular weight excluding hydrogens is 316 g/mol. The van der Waals surface area contributed by atoms with E-state index < -0.39 is 0 Å². The Balaban J connectivity index is 1.88. The molecular formula is C19H26N4O2. The van der Waals surface area contributed by atoms with Crippen molar-refractivity contribution < 1.29 is 9.90 Å². The van der Waals surface area contributed by atoms with Crippen LogP contribution in [0.5, 0.6) is 5.75 Å². The third kappa shape index (κ3) is 3.54. The van der Waals surface area contributed by atoms with Gasteiger partial charge in [-0.25, -0.2) is 0 Å². The lowest BCUT2D eigenvalue weighted by atomic mass is 9.99. The maximum atomic E-state index is 12.0. The lowest BCUT2D eigenvalue weighted by Crippen LogP contribution is -2.34. The lowest BCUT2D eigenvalue weighted by molar-refractivity contribution is 0.0952. The number of aryl methyl sites for hydroxylation is 1. The molecule has 2 N–H and O–H groups in total. The van der Waals surface area contributed by atoms with Crippen molar-refractivity contribution in [1.82, 2.24) is 19.8 Å². The van der Waals surface area contributed by atoms with Crippen LogP contribution in [0.1, 0.15) is 52.9 Å². The third-order valence-corrected chi connectivity index (χ3v) is 5.02. The number of carbonyl (C=O) groups is 1. The van der Waals surface area contributed by atoms with Crippen LogP contribution in [0.2, 0.25) is 0 Å². The van der Waals surface area contributed by atoms with Crippen LogP contribution >= 0.6 is 0 Å². The van der Waals surface area contributed by atoms with Crippen molar-refractivity contribution in [2.24, 2.45) is 7.05 Å². The smallest absolute Gasteiger partial charge is 0.267 e. The number of aromatic nitrogens is 2. The molecule has 0 radical (unpaired) electrons. The van der Waals surface area contributed by atoms with Crippen LogP contribution in [0.25, 0.3) is 0 Å². The van der Waals surface area contributed by atoms with E-state index in [4.69, 9.17) is 0 Å². The zero-order valence-corrected chi connectivity index (χ0v) is 15.1. The second-order valence-electron chi connectivity index (χ2n) is 6.68. The fourth-order valence-corrected chi connectivity index (χ4v) is 3.64. The summed E-state index contributed by atoms with van der Waals surface area (Å²) in [5.41, 5.74) is 3.42. The van der Waals surface area contributed by atoms with E-state index >= 15 is 0 Å². The molecule has 1 aliphatic heterocycles. The Morgan fingerprint density at radius 1 is 1.32 bits per heavy atom. The third-order valence-electron chi connectivity index (χ3n) is 5.02. The molecule has 0 saturated carbocycles. The van der Waals surface area contributed by atoms with E-state index in [1.807, 2.05) is 36.7 Å². The molecule has 1 atom stereocenters. The van der Waals surface area contributed by atoms with Gasteiger partial charge in [-0.05, 0) is 50.6 Å². The van der Waals surface area contributed by atoms with Gasteiger partial charge < -0.3 is 15.0 Å². The van der Waals surface area contributed by atoms with Crippen LogP contribution in [0.4, 0.5) is 0 Å². The number of hydrogen-bond donors (Lipinski definition) is 2. The Labute approximate surface area is 148 Å². The fourth-order valence-electron chi connectivity index (χ4n) is 3.64. The fraction of sp³-hybridized carbons (Fsp3) is 0.474. The Bertz CT molecular complexity index is 769. The Morgan fingerprint density at radius 3 is 2.88 bits per heavy atom. The van der Waals surface area contributed by atoms with Gasteiger partial charge in [0.15, 0.2) is 0 Å². The molecule has 3 rings (SSSR count). The molecule has 0 unspecified atom stereocenters. The first-order chi connectivity index (χ1) is 12.0. The van der Waals surface area contributed by atoms with Gasteiger partial charge in [0.05, 0.1) is 11.7 Å². The van der Waals surface area contributed by atoms with Gasteiger partial charge in [-0.15, -0.1) is 0 Å². The van der Waals surface area contributed by atoms with Crippen molar-refractivity contribution in [3.05, 3.63) is 47.0 Å². The molecule has 6 heteroatoms. The number of rotatable bonds is 4. The standard InChI is InChI=1S/C19H26N4O2/c1-13-7-10-18(24)14(21-13)12-23-11-5-4-6-16(23)15-8-9-17(22(15)3)19(25)20-2/h7-10,16,24H,4-6,11-12H2,1-3H3,(H,20,25)/t16-/m0/s1. The predicted octanol–water partition coefficient (Wildman–Crippen LogP) is 2.52. The van der Waals surface area contributed by atoms with E-state index in [9.17, 15) is 9.90 Å². The number of hydrogen-bond acceptors (Lipinski definition) is 4. The molecule has 6 nitrogen and oxygen atoms in total. The number of piperidine rings is 1. The highest BCUT2D eigenvalue weighted by Crippen LogP contribution is 2.33. The molecule has 1 saturated heterocycles. The van der Waals surface area contributed by atoms with Gasteiger partial charge in [-0.3, -0.25) is 14.7 Å². The van der Waals surface area contributed by atoms with Crippen molar-refractivity contribution in [1.29, 1.82) is 0 Å². The second kappa shape index (κ2) is 7.27. The van der Waals surface area contributed by atoms with Gasteiger partial charge >= 0.3 is 0 Å². The second-order valence-corrected chi connectivity index (χ2v) is 6.68. The summed E-state index contributed by atoms with van der Waals surface area (Å²) in [4.78, 5) is 18.9. The number of nitrogens with one attached hydrogen (secondary N) is 1. The van der Waals surface area contributed by atoms with Crippen LogP contribution < -0.4 is 5.32 Å². The molecule has 2 aromatic rings. The minimum Gasteiger partial charge on any atom is -0.506 e. The number of pyridine rings is 1. The number of aromatic hydroxyl groups is 1. The molecule has 3 heterocycles. The summed E-state index contributed by atoms with van der Waals surface area (Å²) in [6.45, 7) is 3.50. The first-order valence-electron chi connectivity index (χ1n) is 8.78. The maximum absolute atomic E-state index is 12.0. The maximum Gasteiger partial charge on any atom is 0.267 e. The summed E-state index contributed by atoms with van der Waals surface area (Å²) in [6, 6.07) is 7.67. The molecule has 0 aliphatic carbocycles. The minimum atomic E-state index is -0.0749. The Hall–Kier alpha value is -2.34. The lowest BCUT2D eigenvalue weighted by Gasteiger charge is -2.36. The molecule has 0 aromatic carbocycles. The Kier molecular flexibility index (Phi) is 5.08. The van der Waals surface area contributed by atoms with E-state index in [1.54, 1.807) is 13.1 Å². The highest BCUT2D eigenvalue weighted by molar-refractivity contribution is 5.92. The summed E-state index contributed by atoms with van der Waals surface area (Å²) >= 11 is 0. The summed E-state index contributed by atoms with van der Waals surface area (Å²) in [6.07, 6.45) is 3.34. The highest BCUT2D eigenvalue weighted by Gasteiger charge is 2.28. The van der Waals surface area contributed by atoms with Crippen LogP contribution in [0, 0.1) is 6.92 Å². The van der Waals surface area contributed by atoms with Gasteiger partial charge in [-0.2, -0.15) is 0 Å². The normalized spacial score (nSPS) is 18.3. The molecule has 25 heavy (non-hydrogen) atoms. The first kappa shape index (κ1) is 17.5. The zero-order valence-electron chi connectivity index (χ0n) is 15.1. The van der Waals surface area contributed by atoms with E-state index in [-0.39, 0.29) is 17.7 Å². The molecule has 134 valence electrons. The van der Waals surface area contributed by atoms with Crippen LogP contribution in [-0.4, -0.2) is 39.1 Å². The average Bonchev–Trinajstić information content (AvgIpc) is 2.99. The Morgan fingerprint density at radius 2 is 2.12 bits per heavy atom. The van der Waals surface area contributed by atoms with Gasteiger partial charge in [0.25, 0.3) is 5.91 Å². The summed E-state index contributed by atoms with van der Waals surface area (Å²) < 4.78 is 1.98. The highest BCUT2D eigenvalue weighted by atomic mass is 16.3. The quantitative estimate of drug-likeness (QED) is 0.896. The molecule has 1 fully saturated rings. The van der Waals surface area contributed by atoms with Crippen molar-refractivity contribution in [3.63, 3.8) is 0 Å². The summed E-state index contributed by atoms with van der Waals surface area (Å²) in [5, 5.41) is 12.8. The number of nitrogens with zero attached hydrogens (tertiary/aromatic N) is 3. The summed E-state index contributed by atoms with van der Waals surface area (Å²) in [5.74, 6) is 0.168. The van der Waals surface area contributed by atoms with Gasteiger partial charge in [0.1, 0.15) is 11.4 Å². The molecule has 1 amide bonds. The van der Waals surface area contributed by atoms with Crippen molar-refractivity contribution >= 4 is 5.91 Å². The molecule has 1 aliphatic rings. The van der Waals surface area contributed by atoms with Gasteiger partial charge in [0.2, 0.25) is 0 Å². The van der Waals surface area contributed by atoms with E-state index in [2.05, 4.69) is 15.2 Å². The zero-order chi connectivity index (χ0) is 18.0. The topological polar surface area (TPSA) is 70.4 Å². The average molecular weight is 342 g/mol. The van der Waals surface area contributed by atoms with Gasteiger partial charge in [0, 0.05) is 32.0 Å². The van der Waals surface area contributed by atoms with E-state index in [0.717, 1.165) is 37.2 Å². The SMILES string of the molecule is CNC(=O)c1ccc([C@@H]2CCCCN2Cc2nc(C)ccc2O)n1C. The van der Waals surface area contributed by atoms with Crippen LogP contribution in [-0.2, 0) is 13.6 Å². The molecule has 2 aromatic heterocycles. The largest absolute Gasteiger partial charge is 0.506 e. The van der Waals surface area contributed by atoms with Crippen LogP contribution in [0.15, 0.2) is 24.3 Å². The van der Waals surface area contributed by atoms with E-state index in [0.29, 0.717) is 17.9 Å². The summed E-state index contributed by atoms with van der Waals surface area (Å²) in [7, 11) is 3.59. The first-order valence-corrected chi connectivity index (χ1v) is 8.78. The number of likely N-dealkylation sites (tertiary alicyclic amines) is 1. The predicted molar refractivity (Wildman–Crippen MR) is 96.4 cm³/mol. The molecule has 0 bridgehead atoms. The van der Waals surface area contributed by atoms with Gasteiger partial charge in [-0.1, -0.05) is 6.42 Å². The molecule has 0 spiro atoms. The van der Waals surface area contributed by atoms with Crippen molar-refractivity contribution in [2.45, 2.75) is 38.8 Å². The van der Waals surface area contributed by atoms with Crippen molar-refractivity contribution in [3.8, 4) is 5.75 Å².